The molecule has 1 saturated heterocycles. The molecule has 0 aliphatic carbocycles. The first-order chi connectivity index (χ1) is 15.1. The van der Waals surface area contributed by atoms with Crippen molar-refractivity contribution in [2.75, 3.05) is 13.1 Å². The maximum Gasteiger partial charge on any atom is 0.258 e. The minimum absolute atomic E-state index is 0.210. The van der Waals surface area contributed by atoms with Crippen molar-refractivity contribution < 1.29 is 9.13 Å². The summed E-state index contributed by atoms with van der Waals surface area (Å²) in [4.78, 5) is 24.2. The van der Waals surface area contributed by atoms with Crippen LogP contribution in [0.1, 0.15) is 17.7 Å². The van der Waals surface area contributed by atoms with Crippen LogP contribution in [0.5, 0.6) is 5.75 Å². The van der Waals surface area contributed by atoms with Crippen LogP contribution in [0, 0.1) is 5.82 Å². The SMILES string of the molecule is O=c1cc(OCc2ccc(F)cc2)ccn1-c1ccc2nc(CN3CCC3)cnc2c1. The van der Waals surface area contributed by atoms with Crippen LogP contribution in [-0.4, -0.2) is 32.5 Å². The van der Waals surface area contributed by atoms with E-state index in [1.54, 1.807) is 35.2 Å². The number of aromatic nitrogens is 3. The zero-order valence-electron chi connectivity index (χ0n) is 16.9. The second kappa shape index (κ2) is 8.28. The summed E-state index contributed by atoms with van der Waals surface area (Å²) in [6, 6.07) is 14.9. The number of hydrogen-bond donors (Lipinski definition) is 0. The van der Waals surface area contributed by atoms with Crippen LogP contribution in [-0.2, 0) is 13.2 Å². The number of fused-ring (bicyclic) bond motifs is 1. The van der Waals surface area contributed by atoms with Crippen molar-refractivity contribution in [2.24, 2.45) is 0 Å². The molecule has 0 spiro atoms. The Balaban J connectivity index is 1.33. The lowest BCUT2D eigenvalue weighted by Crippen LogP contribution is -2.36. The van der Waals surface area contributed by atoms with Crippen molar-refractivity contribution in [2.45, 2.75) is 19.6 Å². The van der Waals surface area contributed by atoms with E-state index < -0.39 is 0 Å². The van der Waals surface area contributed by atoms with Gasteiger partial charge in [0.25, 0.3) is 5.56 Å². The van der Waals surface area contributed by atoms with Gasteiger partial charge in [-0.05, 0) is 61.5 Å². The Labute approximate surface area is 178 Å². The summed E-state index contributed by atoms with van der Waals surface area (Å²) in [7, 11) is 0. The molecule has 2 aromatic heterocycles. The Bertz CT molecular complexity index is 1280. The summed E-state index contributed by atoms with van der Waals surface area (Å²) in [6.45, 7) is 3.31. The van der Waals surface area contributed by atoms with E-state index in [9.17, 15) is 9.18 Å². The lowest BCUT2D eigenvalue weighted by atomic mass is 10.2. The number of halogens is 1. The minimum Gasteiger partial charge on any atom is -0.489 e. The van der Waals surface area contributed by atoms with Gasteiger partial charge in [-0.25, -0.2) is 9.37 Å². The smallest absolute Gasteiger partial charge is 0.258 e. The van der Waals surface area contributed by atoms with E-state index in [-0.39, 0.29) is 18.0 Å². The molecule has 4 aromatic rings. The number of hydrogen-bond acceptors (Lipinski definition) is 5. The van der Waals surface area contributed by atoms with Gasteiger partial charge >= 0.3 is 0 Å². The third-order valence-corrected chi connectivity index (χ3v) is 5.40. The normalized spacial score (nSPS) is 13.8. The average Bonchev–Trinajstić information content (AvgIpc) is 2.75. The molecule has 156 valence electrons. The fraction of sp³-hybridized carbons (Fsp3) is 0.208. The van der Waals surface area contributed by atoms with E-state index in [4.69, 9.17) is 9.72 Å². The maximum atomic E-state index is 13.0. The van der Waals surface area contributed by atoms with Crippen molar-refractivity contribution in [3.8, 4) is 11.4 Å². The quantitative estimate of drug-likeness (QED) is 0.480. The van der Waals surface area contributed by atoms with Gasteiger partial charge in [0.05, 0.1) is 28.6 Å². The molecular formula is C24H21FN4O2. The Hall–Kier alpha value is -3.58. The molecule has 7 heteroatoms. The van der Waals surface area contributed by atoms with Gasteiger partial charge in [-0.2, -0.15) is 0 Å². The molecule has 1 fully saturated rings. The Kier molecular flexibility index (Phi) is 5.18. The highest BCUT2D eigenvalue weighted by Crippen LogP contribution is 2.18. The van der Waals surface area contributed by atoms with Crippen LogP contribution in [0.15, 0.2) is 71.8 Å². The Morgan fingerprint density at radius 2 is 1.84 bits per heavy atom. The Morgan fingerprint density at radius 3 is 2.58 bits per heavy atom. The molecular weight excluding hydrogens is 395 g/mol. The number of benzene rings is 2. The largest absolute Gasteiger partial charge is 0.489 e. The molecule has 0 bridgehead atoms. The van der Waals surface area contributed by atoms with E-state index in [0.717, 1.165) is 41.9 Å². The van der Waals surface area contributed by atoms with Crippen molar-refractivity contribution in [3.63, 3.8) is 0 Å². The highest BCUT2D eigenvalue weighted by atomic mass is 19.1. The second-order valence-electron chi connectivity index (χ2n) is 7.65. The predicted octanol–water partition coefficient (Wildman–Crippen LogP) is 3.70. The molecule has 0 atom stereocenters. The summed E-state index contributed by atoms with van der Waals surface area (Å²) in [5.41, 5.74) is 3.85. The van der Waals surface area contributed by atoms with Crippen LogP contribution >= 0.6 is 0 Å². The predicted molar refractivity (Wildman–Crippen MR) is 116 cm³/mol. The summed E-state index contributed by atoms with van der Waals surface area (Å²) in [5.74, 6) is 0.167. The fourth-order valence-corrected chi connectivity index (χ4v) is 3.54. The first-order valence-corrected chi connectivity index (χ1v) is 10.2. The molecule has 1 aliphatic rings. The van der Waals surface area contributed by atoms with Crippen molar-refractivity contribution in [3.05, 3.63) is 94.4 Å². The van der Waals surface area contributed by atoms with E-state index in [1.807, 2.05) is 18.2 Å². The molecule has 0 saturated carbocycles. The summed E-state index contributed by atoms with van der Waals surface area (Å²) in [5, 5.41) is 0. The van der Waals surface area contributed by atoms with Gasteiger partial charge in [0, 0.05) is 18.8 Å². The molecule has 2 aromatic carbocycles. The van der Waals surface area contributed by atoms with E-state index in [0.29, 0.717) is 11.4 Å². The first-order valence-electron chi connectivity index (χ1n) is 10.2. The van der Waals surface area contributed by atoms with Crippen LogP contribution in [0.4, 0.5) is 4.39 Å². The molecule has 31 heavy (non-hydrogen) atoms. The topological polar surface area (TPSA) is 60.3 Å². The zero-order valence-corrected chi connectivity index (χ0v) is 16.9. The molecule has 5 rings (SSSR count). The third kappa shape index (κ3) is 4.32. The molecule has 0 amide bonds. The fourth-order valence-electron chi connectivity index (χ4n) is 3.54. The van der Waals surface area contributed by atoms with Crippen LogP contribution in [0.25, 0.3) is 16.7 Å². The van der Waals surface area contributed by atoms with E-state index in [1.165, 1.54) is 24.6 Å². The van der Waals surface area contributed by atoms with Gasteiger partial charge in [-0.15, -0.1) is 0 Å². The number of nitrogens with zero attached hydrogens (tertiary/aromatic N) is 4. The molecule has 0 N–H and O–H groups in total. The third-order valence-electron chi connectivity index (χ3n) is 5.40. The van der Waals surface area contributed by atoms with Crippen LogP contribution in [0.3, 0.4) is 0 Å². The van der Waals surface area contributed by atoms with E-state index in [2.05, 4.69) is 9.88 Å². The maximum absolute atomic E-state index is 13.0. The Morgan fingerprint density at radius 1 is 1.00 bits per heavy atom. The molecule has 6 nitrogen and oxygen atoms in total. The van der Waals surface area contributed by atoms with Gasteiger partial charge in [-0.3, -0.25) is 19.2 Å². The molecule has 3 heterocycles. The lowest BCUT2D eigenvalue weighted by Gasteiger charge is -2.30. The van der Waals surface area contributed by atoms with Gasteiger partial charge in [0.1, 0.15) is 18.2 Å². The van der Waals surface area contributed by atoms with Crippen molar-refractivity contribution in [1.29, 1.82) is 0 Å². The van der Waals surface area contributed by atoms with Crippen molar-refractivity contribution >= 4 is 11.0 Å². The number of ether oxygens (including phenoxy) is 1. The van der Waals surface area contributed by atoms with E-state index >= 15 is 0 Å². The minimum atomic E-state index is -0.293. The lowest BCUT2D eigenvalue weighted by molar-refractivity contribution is 0.170. The number of rotatable bonds is 6. The highest BCUT2D eigenvalue weighted by Gasteiger charge is 2.15. The summed E-state index contributed by atoms with van der Waals surface area (Å²) >= 11 is 0. The van der Waals surface area contributed by atoms with Gasteiger partial charge in [0.2, 0.25) is 0 Å². The molecule has 0 unspecified atom stereocenters. The summed E-state index contributed by atoms with van der Waals surface area (Å²) < 4.78 is 20.2. The van der Waals surface area contributed by atoms with Gasteiger partial charge in [-0.1, -0.05) is 12.1 Å². The second-order valence-corrected chi connectivity index (χ2v) is 7.65. The summed E-state index contributed by atoms with van der Waals surface area (Å²) in [6.07, 6.45) is 4.73. The highest BCUT2D eigenvalue weighted by molar-refractivity contribution is 5.76. The van der Waals surface area contributed by atoms with Gasteiger partial charge in [0.15, 0.2) is 0 Å². The number of likely N-dealkylation sites (tertiary alicyclic amines) is 1. The standard InChI is InChI=1S/C24H21FN4O2/c25-18-4-2-17(3-5-18)16-31-21-8-11-29(24(30)13-21)20-6-7-22-23(12-20)26-14-19(27-22)15-28-9-1-10-28/h2-8,11-14H,1,9-10,15-16H2. The molecule has 1 aliphatic heterocycles. The number of pyridine rings is 1. The van der Waals surface area contributed by atoms with Crippen LogP contribution in [0.2, 0.25) is 0 Å². The van der Waals surface area contributed by atoms with Crippen molar-refractivity contribution in [1.82, 2.24) is 19.4 Å². The first kappa shape index (κ1) is 19.4. The average molecular weight is 416 g/mol. The molecule has 0 radical (unpaired) electrons. The zero-order chi connectivity index (χ0) is 21.2. The van der Waals surface area contributed by atoms with Gasteiger partial charge < -0.3 is 4.74 Å². The van der Waals surface area contributed by atoms with Crippen LogP contribution < -0.4 is 10.3 Å². The monoisotopic (exact) mass is 416 g/mol.